The summed E-state index contributed by atoms with van der Waals surface area (Å²) < 4.78 is 0. The molecule has 1 saturated heterocycles. The maximum atomic E-state index is 9.57. The van der Waals surface area contributed by atoms with Crippen LogP contribution in [0.2, 0.25) is 0 Å². The van der Waals surface area contributed by atoms with Crippen LogP contribution in [0.25, 0.3) is 0 Å². The highest BCUT2D eigenvalue weighted by atomic mass is 16.3. The summed E-state index contributed by atoms with van der Waals surface area (Å²) in [6.07, 6.45) is 8.89. The van der Waals surface area contributed by atoms with Crippen molar-refractivity contribution in [2.45, 2.75) is 57.1 Å². The summed E-state index contributed by atoms with van der Waals surface area (Å²) in [6, 6.07) is 0.615. The number of nitrogens with one attached hydrogen (secondary N) is 1. The quantitative estimate of drug-likeness (QED) is 0.648. The molecule has 0 aromatic heterocycles. The first-order valence-corrected chi connectivity index (χ1v) is 5.78. The van der Waals surface area contributed by atoms with Crippen molar-refractivity contribution >= 4 is 0 Å². The smallest absolute Gasteiger partial charge is 0.0567 e. The lowest BCUT2D eigenvalue weighted by Crippen LogP contribution is -2.45. The molecule has 2 heteroatoms. The van der Waals surface area contributed by atoms with E-state index in [1.165, 1.54) is 32.1 Å². The molecular formula is C11H21NO. The molecule has 1 aliphatic heterocycles. The van der Waals surface area contributed by atoms with E-state index in [0.717, 1.165) is 25.3 Å². The minimum Gasteiger partial charge on any atom is -0.393 e. The summed E-state index contributed by atoms with van der Waals surface area (Å²) in [5.74, 6) is 0.851. The highest BCUT2D eigenvalue weighted by Crippen LogP contribution is 2.29. The molecule has 2 aliphatic rings. The zero-order chi connectivity index (χ0) is 9.10. The molecule has 0 amide bonds. The van der Waals surface area contributed by atoms with Crippen LogP contribution in [-0.2, 0) is 0 Å². The van der Waals surface area contributed by atoms with Gasteiger partial charge in [-0.1, -0.05) is 19.3 Å². The van der Waals surface area contributed by atoms with Gasteiger partial charge in [0.2, 0.25) is 0 Å². The van der Waals surface area contributed by atoms with Crippen LogP contribution < -0.4 is 5.32 Å². The zero-order valence-electron chi connectivity index (χ0n) is 8.34. The van der Waals surface area contributed by atoms with Crippen molar-refractivity contribution in [2.24, 2.45) is 5.92 Å². The number of aliphatic hydroxyl groups excluding tert-OH is 1. The molecule has 2 atom stereocenters. The maximum absolute atomic E-state index is 9.57. The third kappa shape index (κ3) is 2.44. The molecule has 0 aromatic carbocycles. The Labute approximate surface area is 80.7 Å². The summed E-state index contributed by atoms with van der Waals surface area (Å²) in [7, 11) is 0. The number of aliphatic hydroxyl groups is 1. The van der Waals surface area contributed by atoms with Gasteiger partial charge in [-0.3, -0.25) is 0 Å². The lowest BCUT2D eigenvalue weighted by molar-refractivity contribution is 0.0919. The van der Waals surface area contributed by atoms with Crippen molar-refractivity contribution in [1.29, 1.82) is 0 Å². The van der Waals surface area contributed by atoms with Crippen LogP contribution in [0.3, 0.4) is 0 Å². The van der Waals surface area contributed by atoms with Gasteiger partial charge in [-0.15, -0.1) is 0 Å². The Morgan fingerprint density at radius 2 is 1.77 bits per heavy atom. The fourth-order valence-corrected chi connectivity index (χ4v) is 2.83. The molecule has 2 fully saturated rings. The van der Waals surface area contributed by atoms with Gasteiger partial charge < -0.3 is 10.4 Å². The van der Waals surface area contributed by atoms with Gasteiger partial charge in [0.05, 0.1) is 6.10 Å². The number of rotatable bonds is 1. The predicted molar refractivity (Wildman–Crippen MR) is 53.6 cm³/mol. The SMILES string of the molecule is OC1CCNC(C2CCCCC2)C1. The average Bonchev–Trinajstić information content (AvgIpc) is 2.19. The lowest BCUT2D eigenvalue weighted by atomic mass is 9.80. The molecule has 2 nitrogen and oxygen atoms in total. The Balaban J connectivity index is 1.83. The molecule has 0 aromatic rings. The summed E-state index contributed by atoms with van der Waals surface area (Å²) in [5, 5.41) is 13.1. The van der Waals surface area contributed by atoms with Crippen LogP contribution in [0.4, 0.5) is 0 Å². The molecule has 1 heterocycles. The predicted octanol–water partition coefficient (Wildman–Crippen LogP) is 1.68. The van der Waals surface area contributed by atoms with Crippen LogP contribution in [-0.4, -0.2) is 23.8 Å². The second-order valence-electron chi connectivity index (χ2n) is 4.64. The van der Waals surface area contributed by atoms with Crippen molar-refractivity contribution in [3.05, 3.63) is 0 Å². The molecule has 0 radical (unpaired) electrons. The summed E-state index contributed by atoms with van der Waals surface area (Å²) >= 11 is 0. The molecular weight excluding hydrogens is 162 g/mol. The van der Waals surface area contributed by atoms with Gasteiger partial charge in [-0.2, -0.15) is 0 Å². The van der Waals surface area contributed by atoms with E-state index in [1.54, 1.807) is 0 Å². The van der Waals surface area contributed by atoms with Gasteiger partial charge in [0.15, 0.2) is 0 Å². The minimum absolute atomic E-state index is 0.0341. The largest absolute Gasteiger partial charge is 0.393 e. The summed E-state index contributed by atoms with van der Waals surface area (Å²) in [4.78, 5) is 0. The molecule has 13 heavy (non-hydrogen) atoms. The summed E-state index contributed by atoms with van der Waals surface area (Å²) in [5.41, 5.74) is 0. The summed E-state index contributed by atoms with van der Waals surface area (Å²) in [6.45, 7) is 1.02. The Hall–Kier alpha value is -0.0800. The minimum atomic E-state index is -0.0341. The first-order chi connectivity index (χ1) is 6.36. The Bertz CT molecular complexity index is 154. The second kappa shape index (κ2) is 4.43. The van der Waals surface area contributed by atoms with Crippen LogP contribution in [0.5, 0.6) is 0 Å². The fraction of sp³-hybridized carbons (Fsp3) is 1.00. The van der Waals surface area contributed by atoms with Crippen LogP contribution >= 0.6 is 0 Å². The maximum Gasteiger partial charge on any atom is 0.0567 e. The molecule has 2 N–H and O–H groups in total. The highest BCUT2D eigenvalue weighted by molar-refractivity contribution is 4.85. The van der Waals surface area contributed by atoms with Gasteiger partial charge in [0, 0.05) is 6.04 Å². The standard InChI is InChI=1S/C11H21NO/c13-10-6-7-12-11(8-10)9-4-2-1-3-5-9/h9-13H,1-8H2. The fourth-order valence-electron chi connectivity index (χ4n) is 2.83. The highest BCUT2D eigenvalue weighted by Gasteiger charge is 2.27. The van der Waals surface area contributed by atoms with E-state index in [0.29, 0.717) is 6.04 Å². The third-order valence-corrected chi connectivity index (χ3v) is 3.63. The molecule has 2 rings (SSSR count). The second-order valence-corrected chi connectivity index (χ2v) is 4.64. The average molecular weight is 183 g/mol. The van der Waals surface area contributed by atoms with Gasteiger partial charge in [0.1, 0.15) is 0 Å². The van der Waals surface area contributed by atoms with E-state index < -0.39 is 0 Å². The molecule has 1 aliphatic carbocycles. The van der Waals surface area contributed by atoms with Crippen molar-refractivity contribution in [1.82, 2.24) is 5.32 Å². The van der Waals surface area contributed by atoms with E-state index in [1.807, 2.05) is 0 Å². The number of hydrogen-bond acceptors (Lipinski definition) is 2. The van der Waals surface area contributed by atoms with E-state index >= 15 is 0 Å². The molecule has 0 spiro atoms. The first kappa shape index (κ1) is 9.47. The molecule has 2 unspecified atom stereocenters. The lowest BCUT2D eigenvalue weighted by Gasteiger charge is -2.35. The Morgan fingerprint density at radius 3 is 2.46 bits per heavy atom. The van der Waals surface area contributed by atoms with Crippen LogP contribution in [0.1, 0.15) is 44.9 Å². The number of piperidine rings is 1. The Morgan fingerprint density at radius 1 is 1.00 bits per heavy atom. The van der Waals surface area contributed by atoms with E-state index in [9.17, 15) is 5.11 Å². The van der Waals surface area contributed by atoms with Gasteiger partial charge >= 0.3 is 0 Å². The van der Waals surface area contributed by atoms with E-state index in [2.05, 4.69) is 5.32 Å². The number of hydrogen-bond donors (Lipinski definition) is 2. The molecule has 0 bridgehead atoms. The van der Waals surface area contributed by atoms with Crippen molar-refractivity contribution < 1.29 is 5.11 Å². The van der Waals surface area contributed by atoms with E-state index in [-0.39, 0.29) is 6.10 Å². The van der Waals surface area contributed by atoms with Crippen molar-refractivity contribution in [3.63, 3.8) is 0 Å². The Kier molecular flexibility index (Phi) is 3.23. The zero-order valence-corrected chi connectivity index (χ0v) is 8.34. The third-order valence-electron chi connectivity index (χ3n) is 3.63. The van der Waals surface area contributed by atoms with Gasteiger partial charge in [-0.05, 0) is 38.1 Å². The van der Waals surface area contributed by atoms with Gasteiger partial charge in [-0.25, -0.2) is 0 Å². The van der Waals surface area contributed by atoms with Crippen molar-refractivity contribution in [2.75, 3.05) is 6.54 Å². The van der Waals surface area contributed by atoms with Crippen LogP contribution in [0.15, 0.2) is 0 Å². The molecule has 1 saturated carbocycles. The first-order valence-electron chi connectivity index (χ1n) is 5.78. The van der Waals surface area contributed by atoms with E-state index in [4.69, 9.17) is 0 Å². The monoisotopic (exact) mass is 183 g/mol. The molecule has 76 valence electrons. The van der Waals surface area contributed by atoms with Crippen molar-refractivity contribution in [3.8, 4) is 0 Å². The normalized spacial score (nSPS) is 37.6. The topological polar surface area (TPSA) is 32.3 Å². The van der Waals surface area contributed by atoms with Crippen LogP contribution in [0, 0.1) is 5.92 Å². The van der Waals surface area contributed by atoms with Gasteiger partial charge in [0.25, 0.3) is 0 Å².